The minimum Gasteiger partial charge on any atom is -0.493 e. The topological polar surface area (TPSA) is 47.1 Å². The van der Waals surface area contributed by atoms with Gasteiger partial charge in [0.2, 0.25) is 0 Å². The standard InChI is InChI=1S/C17H18N2O2/c1-11(2)21-15-9-8-12(10-16(15)20-3)17-18-13-6-4-5-7-14(13)19-17/h4-11H,1-3H3,(H,18,19). The number of fused-ring (bicyclic) bond motifs is 1. The molecule has 0 aliphatic heterocycles. The van der Waals surface area contributed by atoms with Crippen LogP contribution in [0.5, 0.6) is 11.5 Å². The first kappa shape index (κ1) is 13.5. The quantitative estimate of drug-likeness (QED) is 0.786. The third kappa shape index (κ3) is 2.70. The number of nitrogens with zero attached hydrogens (tertiary/aromatic N) is 1. The molecule has 3 rings (SSSR count). The van der Waals surface area contributed by atoms with Crippen molar-refractivity contribution in [2.45, 2.75) is 20.0 Å². The zero-order valence-corrected chi connectivity index (χ0v) is 12.4. The van der Waals surface area contributed by atoms with Crippen molar-refractivity contribution in [1.82, 2.24) is 9.97 Å². The van der Waals surface area contributed by atoms with E-state index in [1.807, 2.05) is 56.3 Å². The predicted molar refractivity (Wildman–Crippen MR) is 83.8 cm³/mol. The van der Waals surface area contributed by atoms with E-state index >= 15 is 0 Å². The van der Waals surface area contributed by atoms with Gasteiger partial charge in [0.1, 0.15) is 5.82 Å². The number of aromatic nitrogens is 2. The SMILES string of the molecule is COc1cc(-c2nc3ccccc3[nH]2)ccc1OC(C)C. The number of benzene rings is 2. The van der Waals surface area contributed by atoms with Crippen LogP contribution < -0.4 is 9.47 Å². The number of rotatable bonds is 4. The van der Waals surface area contributed by atoms with Gasteiger partial charge in [0.15, 0.2) is 11.5 Å². The van der Waals surface area contributed by atoms with E-state index < -0.39 is 0 Å². The molecule has 1 heterocycles. The molecule has 4 heteroatoms. The second-order valence-electron chi connectivity index (χ2n) is 5.13. The van der Waals surface area contributed by atoms with Gasteiger partial charge in [0.25, 0.3) is 0 Å². The molecule has 0 bridgehead atoms. The summed E-state index contributed by atoms with van der Waals surface area (Å²) in [6, 6.07) is 13.8. The number of ether oxygens (including phenoxy) is 2. The number of hydrogen-bond acceptors (Lipinski definition) is 3. The first-order valence-corrected chi connectivity index (χ1v) is 6.97. The lowest BCUT2D eigenvalue weighted by Crippen LogP contribution is -2.06. The molecule has 3 aromatic rings. The molecule has 21 heavy (non-hydrogen) atoms. The fraction of sp³-hybridized carbons (Fsp3) is 0.235. The molecule has 0 aliphatic rings. The highest BCUT2D eigenvalue weighted by Crippen LogP contribution is 2.32. The van der Waals surface area contributed by atoms with Crippen molar-refractivity contribution in [3.05, 3.63) is 42.5 Å². The first-order chi connectivity index (χ1) is 10.2. The Morgan fingerprint density at radius 1 is 1.05 bits per heavy atom. The first-order valence-electron chi connectivity index (χ1n) is 6.97. The van der Waals surface area contributed by atoms with E-state index in [-0.39, 0.29) is 6.10 Å². The molecule has 0 radical (unpaired) electrons. The van der Waals surface area contributed by atoms with Crippen molar-refractivity contribution in [3.63, 3.8) is 0 Å². The molecule has 4 nitrogen and oxygen atoms in total. The summed E-state index contributed by atoms with van der Waals surface area (Å²) >= 11 is 0. The Balaban J connectivity index is 2.02. The van der Waals surface area contributed by atoms with Gasteiger partial charge in [0.05, 0.1) is 24.2 Å². The van der Waals surface area contributed by atoms with E-state index in [9.17, 15) is 0 Å². The highest BCUT2D eigenvalue weighted by molar-refractivity contribution is 5.79. The van der Waals surface area contributed by atoms with Gasteiger partial charge in [-0.25, -0.2) is 4.98 Å². The monoisotopic (exact) mass is 282 g/mol. The Labute approximate surface area is 123 Å². The lowest BCUT2D eigenvalue weighted by atomic mass is 10.2. The van der Waals surface area contributed by atoms with Crippen LogP contribution in [0.15, 0.2) is 42.5 Å². The summed E-state index contributed by atoms with van der Waals surface area (Å²) in [6.45, 7) is 3.99. The van der Waals surface area contributed by atoms with E-state index in [0.717, 1.165) is 28.2 Å². The highest BCUT2D eigenvalue weighted by atomic mass is 16.5. The minimum atomic E-state index is 0.107. The van der Waals surface area contributed by atoms with Gasteiger partial charge < -0.3 is 14.5 Å². The fourth-order valence-corrected chi connectivity index (χ4v) is 2.26. The van der Waals surface area contributed by atoms with Crippen molar-refractivity contribution in [2.75, 3.05) is 7.11 Å². The molecule has 0 spiro atoms. The third-order valence-electron chi connectivity index (χ3n) is 3.19. The number of para-hydroxylation sites is 2. The number of aromatic amines is 1. The molecule has 108 valence electrons. The Bertz CT molecular complexity index is 729. The van der Waals surface area contributed by atoms with Crippen molar-refractivity contribution in [1.29, 1.82) is 0 Å². The molecule has 0 saturated carbocycles. The predicted octanol–water partition coefficient (Wildman–Crippen LogP) is 4.03. The van der Waals surface area contributed by atoms with Crippen LogP contribution in [0.1, 0.15) is 13.8 Å². The number of H-pyrrole nitrogens is 1. The van der Waals surface area contributed by atoms with Crippen molar-refractivity contribution in [3.8, 4) is 22.9 Å². The molecule has 2 aromatic carbocycles. The number of methoxy groups -OCH3 is 1. The highest BCUT2D eigenvalue weighted by Gasteiger charge is 2.11. The van der Waals surface area contributed by atoms with E-state index in [0.29, 0.717) is 5.75 Å². The molecule has 0 atom stereocenters. The minimum absolute atomic E-state index is 0.107. The van der Waals surface area contributed by atoms with Crippen molar-refractivity contribution >= 4 is 11.0 Å². The van der Waals surface area contributed by atoms with Gasteiger partial charge in [0, 0.05) is 5.56 Å². The molecule has 0 unspecified atom stereocenters. The average Bonchev–Trinajstić information content (AvgIpc) is 2.91. The average molecular weight is 282 g/mol. The lowest BCUT2D eigenvalue weighted by Gasteiger charge is -2.14. The van der Waals surface area contributed by atoms with Crippen LogP contribution in [0.2, 0.25) is 0 Å². The maximum Gasteiger partial charge on any atom is 0.161 e. The van der Waals surface area contributed by atoms with Gasteiger partial charge >= 0.3 is 0 Å². The van der Waals surface area contributed by atoms with Crippen LogP contribution in [0, 0.1) is 0 Å². The van der Waals surface area contributed by atoms with E-state index in [2.05, 4.69) is 9.97 Å². The summed E-state index contributed by atoms with van der Waals surface area (Å²) in [5.74, 6) is 2.28. The smallest absolute Gasteiger partial charge is 0.161 e. The molecule has 0 aliphatic carbocycles. The maximum absolute atomic E-state index is 5.73. The zero-order chi connectivity index (χ0) is 14.8. The number of hydrogen-bond donors (Lipinski definition) is 1. The second-order valence-corrected chi connectivity index (χ2v) is 5.13. The Kier molecular flexibility index (Phi) is 3.52. The zero-order valence-electron chi connectivity index (χ0n) is 12.4. The largest absolute Gasteiger partial charge is 0.493 e. The van der Waals surface area contributed by atoms with Gasteiger partial charge in [-0.2, -0.15) is 0 Å². The molecule has 1 aromatic heterocycles. The lowest BCUT2D eigenvalue weighted by molar-refractivity contribution is 0.230. The third-order valence-corrected chi connectivity index (χ3v) is 3.19. The Morgan fingerprint density at radius 2 is 1.86 bits per heavy atom. The van der Waals surface area contributed by atoms with Crippen LogP contribution in [-0.2, 0) is 0 Å². The fourth-order valence-electron chi connectivity index (χ4n) is 2.26. The van der Waals surface area contributed by atoms with Crippen LogP contribution in [0.4, 0.5) is 0 Å². The van der Waals surface area contributed by atoms with Crippen LogP contribution in [0.25, 0.3) is 22.4 Å². The van der Waals surface area contributed by atoms with Gasteiger partial charge in [-0.15, -0.1) is 0 Å². The second kappa shape index (κ2) is 5.48. The van der Waals surface area contributed by atoms with E-state index in [4.69, 9.17) is 9.47 Å². The summed E-state index contributed by atoms with van der Waals surface area (Å²) < 4.78 is 11.1. The Morgan fingerprint density at radius 3 is 2.57 bits per heavy atom. The maximum atomic E-state index is 5.73. The summed E-state index contributed by atoms with van der Waals surface area (Å²) in [7, 11) is 1.64. The van der Waals surface area contributed by atoms with Gasteiger partial charge in [-0.05, 0) is 44.2 Å². The summed E-state index contributed by atoms with van der Waals surface area (Å²) in [5.41, 5.74) is 2.95. The number of nitrogens with one attached hydrogen (secondary N) is 1. The molecule has 1 N–H and O–H groups in total. The summed E-state index contributed by atoms with van der Waals surface area (Å²) in [5, 5.41) is 0. The summed E-state index contributed by atoms with van der Waals surface area (Å²) in [4.78, 5) is 7.91. The molecular formula is C17H18N2O2. The van der Waals surface area contributed by atoms with Crippen molar-refractivity contribution < 1.29 is 9.47 Å². The van der Waals surface area contributed by atoms with Gasteiger partial charge in [-0.3, -0.25) is 0 Å². The normalized spacial score (nSPS) is 11.0. The van der Waals surface area contributed by atoms with Crippen LogP contribution in [-0.4, -0.2) is 23.2 Å². The molecule has 0 saturated heterocycles. The van der Waals surface area contributed by atoms with Gasteiger partial charge in [-0.1, -0.05) is 12.1 Å². The molecule has 0 amide bonds. The van der Waals surface area contributed by atoms with E-state index in [1.165, 1.54) is 0 Å². The summed E-state index contributed by atoms with van der Waals surface area (Å²) in [6.07, 6.45) is 0.107. The van der Waals surface area contributed by atoms with Crippen molar-refractivity contribution in [2.24, 2.45) is 0 Å². The molecule has 0 fully saturated rings. The van der Waals surface area contributed by atoms with Crippen LogP contribution >= 0.6 is 0 Å². The molecular weight excluding hydrogens is 264 g/mol. The van der Waals surface area contributed by atoms with E-state index in [1.54, 1.807) is 7.11 Å². The Hall–Kier alpha value is -2.49. The number of imidazole rings is 1. The van der Waals surface area contributed by atoms with Crippen LogP contribution in [0.3, 0.4) is 0 Å².